The average molecular weight is 600 g/mol. The first-order valence-corrected chi connectivity index (χ1v) is 15.3. The number of aromatic nitrogens is 3. The highest BCUT2D eigenvalue weighted by molar-refractivity contribution is 7.90. The topological polar surface area (TPSA) is 139 Å². The Morgan fingerprint density at radius 1 is 0.795 bits per heavy atom. The molecule has 6 rings (SSSR count). The molecule has 216 valence electrons. The van der Waals surface area contributed by atoms with Crippen molar-refractivity contribution in [1.82, 2.24) is 14.8 Å². The summed E-state index contributed by atoms with van der Waals surface area (Å²) in [7, 11) is -3.23. The van der Waals surface area contributed by atoms with E-state index < -0.39 is 9.84 Å². The number of hydrogen-bond acceptors (Lipinski definition) is 8. The Kier molecular flexibility index (Phi) is 8.75. The minimum Gasteiger partial charge on any atom is -0.457 e. The van der Waals surface area contributed by atoms with Gasteiger partial charge in [-0.2, -0.15) is 15.6 Å². The third-order valence-corrected chi connectivity index (χ3v) is 8.09. The summed E-state index contributed by atoms with van der Waals surface area (Å²) in [6.45, 7) is 0.196. The molecule has 1 aliphatic heterocycles. The molecule has 9 nitrogen and oxygen atoms in total. The van der Waals surface area contributed by atoms with Crippen molar-refractivity contribution >= 4 is 27.0 Å². The molecule has 0 N–H and O–H groups in total. The molecule has 5 aromatic rings. The fourth-order valence-corrected chi connectivity index (χ4v) is 5.39. The zero-order valence-electron chi connectivity index (χ0n) is 23.5. The van der Waals surface area contributed by atoms with Crippen LogP contribution in [0.4, 0.5) is 0 Å². The van der Waals surface area contributed by atoms with Gasteiger partial charge in [0.2, 0.25) is 0 Å². The van der Waals surface area contributed by atoms with Crippen LogP contribution >= 0.6 is 0 Å². The Bertz CT molecular complexity index is 1930. The maximum atomic E-state index is 12.0. The van der Waals surface area contributed by atoms with Gasteiger partial charge in [0.05, 0.1) is 33.7 Å². The molecular weight excluding hydrogens is 574 g/mol. The highest BCUT2D eigenvalue weighted by atomic mass is 32.2. The lowest BCUT2D eigenvalue weighted by Crippen LogP contribution is -2.13. The number of ether oxygens (including phenoxy) is 1. The normalized spacial score (nSPS) is 12.6. The van der Waals surface area contributed by atoms with Gasteiger partial charge >= 0.3 is 5.97 Å². The molecule has 0 radical (unpaired) electrons. The number of rotatable bonds is 6. The van der Waals surface area contributed by atoms with Gasteiger partial charge < -0.3 is 4.74 Å². The van der Waals surface area contributed by atoms with Gasteiger partial charge in [-0.15, -0.1) is 0 Å². The molecule has 0 atom stereocenters. The number of nitriles is 2. The summed E-state index contributed by atoms with van der Waals surface area (Å²) in [6.07, 6.45) is 4.31. The molecule has 0 fully saturated rings. The van der Waals surface area contributed by atoms with Crippen molar-refractivity contribution in [3.63, 3.8) is 0 Å². The second-order valence-electron chi connectivity index (χ2n) is 9.84. The Balaban J connectivity index is 0.000000175. The lowest BCUT2D eigenvalue weighted by molar-refractivity contribution is -0.133. The first-order valence-electron chi connectivity index (χ1n) is 13.4. The Morgan fingerprint density at radius 3 is 1.84 bits per heavy atom. The Hall–Kier alpha value is -5.84. The predicted octanol–water partition coefficient (Wildman–Crippen LogP) is 5.22. The van der Waals surface area contributed by atoms with Gasteiger partial charge in [0.15, 0.2) is 9.84 Å². The highest BCUT2D eigenvalue weighted by Gasteiger charge is 2.27. The predicted molar refractivity (Wildman–Crippen MR) is 163 cm³/mol. The van der Waals surface area contributed by atoms with Crippen molar-refractivity contribution in [1.29, 1.82) is 10.5 Å². The van der Waals surface area contributed by atoms with E-state index in [1.807, 2.05) is 54.6 Å². The Labute approximate surface area is 254 Å². The molecule has 0 amide bonds. The number of esters is 1. The smallest absolute Gasteiger partial charge is 0.339 e. The number of hydrogen-bond donors (Lipinski definition) is 0. The van der Waals surface area contributed by atoms with Crippen LogP contribution in [0.15, 0.2) is 121 Å². The number of carbonyl (C=O) groups is 1. The molecule has 0 bridgehead atoms. The quantitative estimate of drug-likeness (QED) is 0.242. The second-order valence-corrected chi connectivity index (χ2v) is 11.9. The lowest BCUT2D eigenvalue weighted by Gasteiger charge is -2.18. The van der Waals surface area contributed by atoms with Crippen molar-refractivity contribution in [2.45, 2.75) is 10.9 Å². The number of nitrogens with zero attached hydrogens (tertiary/aromatic N) is 5. The molecule has 0 unspecified atom stereocenters. The molecule has 2 heterocycles. The van der Waals surface area contributed by atoms with Crippen LogP contribution in [0.3, 0.4) is 0 Å². The maximum Gasteiger partial charge on any atom is 0.339 e. The second kappa shape index (κ2) is 13.0. The van der Waals surface area contributed by atoms with Gasteiger partial charge in [-0.3, -0.25) is 0 Å². The van der Waals surface area contributed by atoms with Gasteiger partial charge in [-0.1, -0.05) is 66.7 Å². The van der Waals surface area contributed by atoms with E-state index in [0.717, 1.165) is 27.8 Å². The van der Waals surface area contributed by atoms with Gasteiger partial charge in [0.1, 0.15) is 25.3 Å². The summed E-state index contributed by atoms with van der Waals surface area (Å²) in [5.41, 5.74) is 6.11. The van der Waals surface area contributed by atoms with E-state index in [-0.39, 0.29) is 23.5 Å². The van der Waals surface area contributed by atoms with E-state index in [0.29, 0.717) is 16.7 Å². The van der Waals surface area contributed by atoms with Crippen LogP contribution in [-0.4, -0.2) is 42.0 Å². The summed E-state index contributed by atoms with van der Waals surface area (Å²) in [5, 5.41) is 22.1. The van der Waals surface area contributed by atoms with Crippen molar-refractivity contribution < 1.29 is 17.9 Å². The average Bonchev–Trinajstić information content (AvgIpc) is 3.72. The lowest BCUT2D eigenvalue weighted by atomic mass is 9.97. The summed E-state index contributed by atoms with van der Waals surface area (Å²) in [6, 6.07) is 34.6. The van der Waals surface area contributed by atoms with Crippen molar-refractivity contribution in [3.05, 3.63) is 149 Å². The zero-order valence-corrected chi connectivity index (χ0v) is 24.3. The van der Waals surface area contributed by atoms with Crippen LogP contribution < -0.4 is 0 Å². The fraction of sp³-hybridized carbons (Fsp3) is 0.0882. The minimum atomic E-state index is -3.23. The molecule has 0 spiro atoms. The first-order chi connectivity index (χ1) is 21.3. The molecule has 1 aromatic heterocycles. The van der Waals surface area contributed by atoms with Crippen LogP contribution in [0.25, 0.3) is 11.1 Å². The van der Waals surface area contributed by atoms with Crippen LogP contribution in [0, 0.1) is 22.7 Å². The first kappa shape index (κ1) is 29.6. The van der Waals surface area contributed by atoms with Gasteiger partial charge in [-0.25, -0.2) is 22.9 Å². The number of carbonyl (C=O) groups excluding carboxylic acids is 1. The van der Waals surface area contributed by atoms with Crippen LogP contribution in [0.2, 0.25) is 0 Å². The minimum absolute atomic E-state index is 0.150. The van der Waals surface area contributed by atoms with Crippen molar-refractivity contribution in [2.75, 3.05) is 12.9 Å². The molecule has 0 saturated carbocycles. The standard InChI is InChI=1S/C17H11N5.C17H14O4S/c18-9-13-1-5-15(6-2-13)17(22-12-20-11-21-22)16-7-3-14(10-19)4-8-16;1-22(19,20)14-9-7-12(8-10-14)15-11-21-17(18)16(15)13-5-3-2-4-6-13/h1-8,11-12,17H;2-10H,11H2,1H3. The maximum absolute atomic E-state index is 12.0. The number of cyclic esters (lactones) is 1. The van der Waals surface area contributed by atoms with E-state index in [1.54, 1.807) is 59.5 Å². The van der Waals surface area contributed by atoms with E-state index >= 15 is 0 Å². The van der Waals surface area contributed by atoms with Crippen molar-refractivity contribution in [3.8, 4) is 12.1 Å². The van der Waals surface area contributed by atoms with Crippen molar-refractivity contribution in [2.24, 2.45) is 0 Å². The fourth-order valence-electron chi connectivity index (χ4n) is 4.76. The van der Waals surface area contributed by atoms with Gasteiger partial charge in [0, 0.05) is 11.8 Å². The summed E-state index contributed by atoms with van der Waals surface area (Å²) in [5.74, 6) is -0.353. The summed E-state index contributed by atoms with van der Waals surface area (Å²) < 4.78 is 29.9. The molecule has 4 aromatic carbocycles. The van der Waals surface area contributed by atoms with Gasteiger partial charge in [0.25, 0.3) is 0 Å². The molecular formula is C34H25N5O4S. The van der Waals surface area contributed by atoms with E-state index in [2.05, 4.69) is 22.2 Å². The monoisotopic (exact) mass is 599 g/mol. The number of sulfone groups is 1. The van der Waals surface area contributed by atoms with Gasteiger partial charge in [-0.05, 0) is 58.7 Å². The summed E-state index contributed by atoms with van der Waals surface area (Å²) in [4.78, 5) is 16.3. The third-order valence-electron chi connectivity index (χ3n) is 6.96. The van der Waals surface area contributed by atoms with Crippen LogP contribution in [0.1, 0.15) is 39.4 Å². The van der Waals surface area contributed by atoms with E-state index in [4.69, 9.17) is 15.3 Å². The SMILES string of the molecule is CS(=O)(=O)c1ccc(C2=C(c3ccccc3)C(=O)OC2)cc1.N#Cc1ccc(C(c2ccc(C#N)cc2)n2cncn2)cc1. The third kappa shape index (κ3) is 6.62. The number of benzene rings is 4. The zero-order chi connectivity index (χ0) is 31.1. The molecule has 0 aliphatic carbocycles. The van der Waals surface area contributed by atoms with Crippen LogP contribution in [-0.2, 0) is 19.4 Å². The molecule has 1 aliphatic rings. The Morgan fingerprint density at radius 2 is 1.36 bits per heavy atom. The summed E-state index contributed by atoms with van der Waals surface area (Å²) >= 11 is 0. The molecule has 0 saturated heterocycles. The van der Waals surface area contributed by atoms with Crippen LogP contribution in [0.5, 0.6) is 0 Å². The van der Waals surface area contributed by atoms with E-state index in [1.165, 1.54) is 12.6 Å². The van der Waals surface area contributed by atoms with E-state index in [9.17, 15) is 13.2 Å². The highest BCUT2D eigenvalue weighted by Crippen LogP contribution is 2.33. The molecule has 10 heteroatoms. The molecule has 44 heavy (non-hydrogen) atoms. The largest absolute Gasteiger partial charge is 0.457 e.